The first-order valence-electron chi connectivity index (χ1n) is 11.0. The Kier molecular flexibility index (Phi) is 4.85. The Bertz CT molecular complexity index is 1660. The van der Waals surface area contributed by atoms with Gasteiger partial charge < -0.3 is 4.42 Å². The maximum atomic E-state index is 13.6. The van der Waals surface area contributed by atoms with Crippen LogP contribution in [0.2, 0.25) is 0 Å². The average molecular weight is 493 g/mol. The third-order valence-corrected chi connectivity index (χ3v) is 8.07. The van der Waals surface area contributed by atoms with Gasteiger partial charge in [-0.05, 0) is 43.2 Å². The van der Waals surface area contributed by atoms with Crippen molar-refractivity contribution in [2.24, 2.45) is 7.05 Å². The van der Waals surface area contributed by atoms with Crippen LogP contribution in [-0.2, 0) is 16.9 Å². The fourth-order valence-corrected chi connectivity index (χ4v) is 5.58. The number of fused-ring (bicyclic) bond motifs is 1. The standard InChI is InChI=1S/C24H21FN6O3S/c1-30-11-15(10-28-30)21-9-19-23(26-13-27-24(19)34-21)20-12-31(17-7-18(8-17)35(2,32)33)29-22(20)14-3-5-16(25)6-4-14/h3-6,9-13,17-18H,7-8H2,1-2H3/t17-,18+. The first-order chi connectivity index (χ1) is 16.8. The lowest BCUT2D eigenvalue weighted by Crippen LogP contribution is -2.37. The normalized spacial score (nSPS) is 18.1. The van der Waals surface area contributed by atoms with Crippen molar-refractivity contribution in [1.29, 1.82) is 0 Å². The molecule has 4 heterocycles. The van der Waals surface area contributed by atoms with Gasteiger partial charge in [-0.1, -0.05) is 0 Å². The maximum absolute atomic E-state index is 13.6. The predicted octanol–water partition coefficient (Wildman–Crippen LogP) is 4.04. The molecule has 0 amide bonds. The van der Waals surface area contributed by atoms with Gasteiger partial charge in [0.05, 0.1) is 34.1 Å². The summed E-state index contributed by atoms with van der Waals surface area (Å²) in [5.74, 6) is 0.269. The quantitative estimate of drug-likeness (QED) is 0.364. The minimum Gasteiger partial charge on any atom is -0.437 e. The van der Waals surface area contributed by atoms with Crippen molar-refractivity contribution in [1.82, 2.24) is 29.5 Å². The molecule has 0 N–H and O–H groups in total. The summed E-state index contributed by atoms with van der Waals surface area (Å²) >= 11 is 0. The number of sulfone groups is 1. The third kappa shape index (κ3) is 3.81. The number of furan rings is 1. The molecule has 0 spiro atoms. The summed E-state index contributed by atoms with van der Waals surface area (Å²) in [7, 11) is -1.26. The minimum absolute atomic E-state index is 0.0460. The molecule has 35 heavy (non-hydrogen) atoms. The van der Waals surface area contributed by atoms with E-state index in [1.54, 1.807) is 27.7 Å². The van der Waals surface area contributed by atoms with Crippen LogP contribution < -0.4 is 0 Å². The first-order valence-corrected chi connectivity index (χ1v) is 13.0. The van der Waals surface area contributed by atoms with E-state index in [9.17, 15) is 12.8 Å². The highest BCUT2D eigenvalue weighted by Gasteiger charge is 2.38. The molecule has 1 aliphatic carbocycles. The molecule has 5 aromatic rings. The SMILES string of the molecule is Cn1cc(-c2cc3c(-c4cn([C@H]5C[C@@H](S(C)(=O)=O)C5)nc4-c4ccc(F)cc4)ncnc3o2)cn1. The molecular weight excluding hydrogens is 471 g/mol. The van der Waals surface area contributed by atoms with Crippen LogP contribution in [0.4, 0.5) is 4.39 Å². The molecule has 1 aliphatic rings. The van der Waals surface area contributed by atoms with E-state index < -0.39 is 9.84 Å². The molecule has 0 aliphatic heterocycles. The van der Waals surface area contributed by atoms with E-state index in [-0.39, 0.29) is 17.1 Å². The summed E-state index contributed by atoms with van der Waals surface area (Å²) in [6.45, 7) is 0. The van der Waals surface area contributed by atoms with Gasteiger partial charge in [-0.15, -0.1) is 0 Å². The molecule has 9 nitrogen and oxygen atoms in total. The zero-order chi connectivity index (χ0) is 24.3. The highest BCUT2D eigenvalue weighted by atomic mass is 32.2. The summed E-state index contributed by atoms with van der Waals surface area (Å²) < 4.78 is 46.9. The van der Waals surface area contributed by atoms with Crippen molar-refractivity contribution in [2.45, 2.75) is 24.1 Å². The highest BCUT2D eigenvalue weighted by molar-refractivity contribution is 7.91. The van der Waals surface area contributed by atoms with E-state index in [4.69, 9.17) is 9.52 Å². The molecule has 0 bridgehead atoms. The Morgan fingerprint density at radius 2 is 1.83 bits per heavy atom. The number of halogens is 1. The molecule has 4 aromatic heterocycles. The smallest absolute Gasteiger partial charge is 0.230 e. The fourth-order valence-electron chi connectivity index (χ4n) is 4.44. The van der Waals surface area contributed by atoms with E-state index in [1.165, 1.54) is 24.7 Å². The van der Waals surface area contributed by atoms with Gasteiger partial charge in [-0.25, -0.2) is 22.8 Å². The van der Waals surface area contributed by atoms with Crippen LogP contribution in [0.3, 0.4) is 0 Å². The lowest BCUT2D eigenvalue weighted by molar-refractivity contribution is 0.291. The second-order valence-corrected chi connectivity index (χ2v) is 11.2. The number of benzene rings is 1. The van der Waals surface area contributed by atoms with Crippen molar-refractivity contribution in [3.63, 3.8) is 0 Å². The van der Waals surface area contributed by atoms with Crippen LogP contribution in [0, 0.1) is 5.82 Å². The first kappa shape index (κ1) is 21.7. The van der Waals surface area contributed by atoms with Crippen molar-refractivity contribution in [2.75, 3.05) is 6.26 Å². The highest BCUT2D eigenvalue weighted by Crippen LogP contribution is 2.41. The fraction of sp³-hybridized carbons (Fsp3) is 0.250. The van der Waals surface area contributed by atoms with E-state index in [2.05, 4.69) is 15.1 Å². The Morgan fingerprint density at radius 3 is 2.51 bits per heavy atom. The van der Waals surface area contributed by atoms with Crippen molar-refractivity contribution in [3.8, 4) is 33.8 Å². The number of hydrogen-bond donors (Lipinski definition) is 0. The van der Waals surface area contributed by atoms with Gasteiger partial charge in [-0.2, -0.15) is 10.2 Å². The van der Waals surface area contributed by atoms with E-state index in [0.29, 0.717) is 41.1 Å². The largest absolute Gasteiger partial charge is 0.437 e. The number of nitrogens with zero attached hydrogens (tertiary/aromatic N) is 6. The molecule has 0 atom stereocenters. The minimum atomic E-state index is -3.09. The average Bonchev–Trinajstić information content (AvgIpc) is 3.50. The lowest BCUT2D eigenvalue weighted by atomic mass is 9.92. The molecular formula is C24H21FN6O3S. The molecule has 178 valence electrons. The summed E-state index contributed by atoms with van der Waals surface area (Å²) in [6, 6.07) is 7.93. The summed E-state index contributed by atoms with van der Waals surface area (Å²) in [6.07, 6.45) is 9.13. The van der Waals surface area contributed by atoms with E-state index >= 15 is 0 Å². The zero-order valence-corrected chi connectivity index (χ0v) is 19.8. The number of rotatable bonds is 5. The Hall–Kier alpha value is -3.86. The second-order valence-electron chi connectivity index (χ2n) is 8.91. The van der Waals surface area contributed by atoms with Gasteiger partial charge in [-0.3, -0.25) is 9.36 Å². The molecule has 1 saturated carbocycles. The Labute approximate surface area is 200 Å². The number of aromatic nitrogens is 6. The van der Waals surface area contributed by atoms with Crippen LogP contribution in [0.5, 0.6) is 0 Å². The van der Waals surface area contributed by atoms with Crippen LogP contribution >= 0.6 is 0 Å². The van der Waals surface area contributed by atoms with Gasteiger partial charge in [0.25, 0.3) is 0 Å². The van der Waals surface area contributed by atoms with Gasteiger partial charge >= 0.3 is 0 Å². The molecule has 6 rings (SSSR count). The van der Waals surface area contributed by atoms with Crippen molar-refractivity contribution < 1.29 is 17.2 Å². The van der Waals surface area contributed by atoms with Gasteiger partial charge in [0.15, 0.2) is 0 Å². The van der Waals surface area contributed by atoms with E-state index in [1.807, 2.05) is 25.5 Å². The predicted molar refractivity (Wildman–Crippen MR) is 128 cm³/mol. The Morgan fingerprint density at radius 1 is 1.06 bits per heavy atom. The second kappa shape index (κ2) is 7.84. The van der Waals surface area contributed by atoms with Crippen LogP contribution in [0.15, 0.2) is 59.7 Å². The topological polar surface area (TPSA) is 109 Å². The molecule has 0 saturated heterocycles. The molecule has 11 heteroatoms. The molecule has 1 fully saturated rings. The van der Waals surface area contributed by atoms with Crippen molar-refractivity contribution >= 4 is 20.9 Å². The zero-order valence-electron chi connectivity index (χ0n) is 19.0. The summed E-state index contributed by atoms with van der Waals surface area (Å²) in [5, 5.41) is 9.34. The molecule has 1 aromatic carbocycles. The molecule has 0 unspecified atom stereocenters. The summed E-state index contributed by atoms with van der Waals surface area (Å²) in [5.41, 5.74) is 3.93. The maximum Gasteiger partial charge on any atom is 0.230 e. The van der Waals surface area contributed by atoms with Gasteiger partial charge in [0, 0.05) is 36.8 Å². The number of aryl methyl sites for hydroxylation is 1. The molecule has 0 radical (unpaired) electrons. The van der Waals surface area contributed by atoms with Gasteiger partial charge in [0.1, 0.15) is 33.4 Å². The van der Waals surface area contributed by atoms with E-state index in [0.717, 1.165) is 16.7 Å². The third-order valence-electron chi connectivity index (χ3n) is 6.47. The van der Waals surface area contributed by atoms with Crippen LogP contribution in [0.1, 0.15) is 18.9 Å². The summed E-state index contributed by atoms with van der Waals surface area (Å²) in [4.78, 5) is 8.84. The van der Waals surface area contributed by atoms with Crippen molar-refractivity contribution in [3.05, 3.63) is 61.1 Å². The lowest BCUT2D eigenvalue weighted by Gasteiger charge is -2.33. The number of hydrogen-bond acceptors (Lipinski definition) is 7. The van der Waals surface area contributed by atoms with Crippen LogP contribution in [-0.4, -0.2) is 49.5 Å². The monoisotopic (exact) mass is 492 g/mol. The van der Waals surface area contributed by atoms with Crippen LogP contribution in [0.25, 0.3) is 44.9 Å². The Balaban J connectivity index is 1.48. The van der Waals surface area contributed by atoms with Gasteiger partial charge in [0.2, 0.25) is 5.71 Å².